The third-order valence-electron chi connectivity index (χ3n) is 3.17. The molecule has 0 aliphatic carbocycles. The number of guanidine groups is 1. The first-order chi connectivity index (χ1) is 10.9. The summed E-state index contributed by atoms with van der Waals surface area (Å²) in [6.07, 6.45) is 1.83. The van der Waals surface area contributed by atoms with Crippen LogP contribution < -0.4 is 14.8 Å². The number of sulfonamides is 1. The maximum atomic E-state index is 11.0. The first-order valence-electron chi connectivity index (χ1n) is 7.35. The minimum absolute atomic E-state index is 0. The molecule has 1 aromatic rings. The molecular formula is C15H27IN4O3S. The number of para-hydroxylation sites is 1. The van der Waals surface area contributed by atoms with Gasteiger partial charge in [-0.1, -0.05) is 18.2 Å². The van der Waals surface area contributed by atoms with E-state index in [0.717, 1.165) is 23.5 Å². The van der Waals surface area contributed by atoms with Crippen molar-refractivity contribution in [2.24, 2.45) is 4.99 Å². The minimum Gasteiger partial charge on any atom is -0.496 e. The van der Waals surface area contributed by atoms with Gasteiger partial charge in [-0.15, -0.1) is 24.0 Å². The second kappa shape index (κ2) is 11.5. The summed E-state index contributed by atoms with van der Waals surface area (Å²) in [6.45, 7) is 1.69. The highest BCUT2D eigenvalue weighted by molar-refractivity contribution is 14.0. The van der Waals surface area contributed by atoms with Crippen LogP contribution in [0.2, 0.25) is 0 Å². The van der Waals surface area contributed by atoms with Crippen LogP contribution in [0, 0.1) is 0 Å². The average Bonchev–Trinajstić information content (AvgIpc) is 2.50. The maximum absolute atomic E-state index is 11.0. The zero-order valence-electron chi connectivity index (χ0n) is 14.6. The minimum atomic E-state index is -3.13. The molecule has 1 aromatic carbocycles. The molecule has 138 valence electrons. The fraction of sp³-hybridized carbons (Fsp3) is 0.533. The molecule has 0 saturated carbocycles. The summed E-state index contributed by atoms with van der Waals surface area (Å²) in [5.41, 5.74) is 1.07. The number of nitrogens with one attached hydrogen (secondary N) is 2. The SMILES string of the molecule is CN=C(NCCCNS(C)(=O)=O)N(C)Cc1ccccc1OC.I. The van der Waals surface area contributed by atoms with Crippen LogP contribution in [-0.2, 0) is 16.6 Å². The van der Waals surface area contributed by atoms with Gasteiger partial charge >= 0.3 is 0 Å². The molecule has 0 bridgehead atoms. The smallest absolute Gasteiger partial charge is 0.208 e. The molecule has 0 fully saturated rings. The van der Waals surface area contributed by atoms with Crippen LogP contribution in [0.5, 0.6) is 5.75 Å². The van der Waals surface area contributed by atoms with Crippen LogP contribution in [0.25, 0.3) is 0 Å². The number of aliphatic imine (C=N–C) groups is 1. The molecule has 24 heavy (non-hydrogen) atoms. The fourth-order valence-corrected chi connectivity index (χ4v) is 2.61. The van der Waals surface area contributed by atoms with E-state index in [-0.39, 0.29) is 24.0 Å². The van der Waals surface area contributed by atoms with Gasteiger partial charge in [0, 0.05) is 39.3 Å². The highest BCUT2D eigenvalue weighted by Crippen LogP contribution is 2.18. The first-order valence-corrected chi connectivity index (χ1v) is 9.25. The normalized spacial score (nSPS) is 11.6. The van der Waals surface area contributed by atoms with Crippen LogP contribution >= 0.6 is 24.0 Å². The highest BCUT2D eigenvalue weighted by atomic mass is 127. The summed E-state index contributed by atoms with van der Waals surface area (Å²) in [5.74, 6) is 1.59. The van der Waals surface area contributed by atoms with Crippen molar-refractivity contribution in [1.82, 2.24) is 14.9 Å². The van der Waals surface area contributed by atoms with E-state index >= 15 is 0 Å². The van der Waals surface area contributed by atoms with E-state index in [1.165, 1.54) is 0 Å². The van der Waals surface area contributed by atoms with Gasteiger partial charge in [-0.2, -0.15) is 0 Å². The first kappa shape index (κ1) is 22.9. The van der Waals surface area contributed by atoms with Crippen molar-refractivity contribution in [1.29, 1.82) is 0 Å². The lowest BCUT2D eigenvalue weighted by Crippen LogP contribution is -2.39. The van der Waals surface area contributed by atoms with E-state index in [1.807, 2.05) is 36.2 Å². The van der Waals surface area contributed by atoms with Crippen LogP contribution in [0.3, 0.4) is 0 Å². The third-order valence-corrected chi connectivity index (χ3v) is 3.90. The molecule has 0 aromatic heterocycles. The Morgan fingerprint density at radius 3 is 2.54 bits per heavy atom. The molecule has 1 rings (SSSR count). The molecule has 0 heterocycles. The van der Waals surface area contributed by atoms with Gasteiger partial charge in [0.15, 0.2) is 5.96 Å². The fourth-order valence-electron chi connectivity index (χ4n) is 2.09. The van der Waals surface area contributed by atoms with Crippen molar-refractivity contribution in [3.8, 4) is 5.75 Å². The molecule has 0 unspecified atom stereocenters. The highest BCUT2D eigenvalue weighted by Gasteiger charge is 2.09. The zero-order valence-corrected chi connectivity index (χ0v) is 17.7. The maximum Gasteiger partial charge on any atom is 0.208 e. The summed E-state index contributed by atoms with van der Waals surface area (Å²) in [7, 11) is 2.19. The Kier molecular flexibility index (Phi) is 11.0. The van der Waals surface area contributed by atoms with Gasteiger partial charge in [-0.25, -0.2) is 13.1 Å². The van der Waals surface area contributed by atoms with Gasteiger partial charge in [0.05, 0.1) is 13.4 Å². The molecule has 0 amide bonds. The Balaban J connectivity index is 0.00000529. The molecule has 0 aliphatic rings. The molecule has 0 radical (unpaired) electrons. The number of rotatable bonds is 8. The molecule has 0 spiro atoms. The Labute approximate surface area is 161 Å². The lowest BCUT2D eigenvalue weighted by Gasteiger charge is -2.23. The predicted molar refractivity (Wildman–Crippen MR) is 109 cm³/mol. The van der Waals surface area contributed by atoms with Gasteiger partial charge in [-0.05, 0) is 12.5 Å². The van der Waals surface area contributed by atoms with Gasteiger partial charge in [0.2, 0.25) is 10.0 Å². The summed E-state index contributed by atoms with van der Waals surface area (Å²) in [6, 6.07) is 7.85. The monoisotopic (exact) mass is 470 g/mol. The Morgan fingerprint density at radius 1 is 1.29 bits per heavy atom. The van der Waals surface area contributed by atoms with Crippen molar-refractivity contribution in [2.45, 2.75) is 13.0 Å². The summed E-state index contributed by atoms with van der Waals surface area (Å²) >= 11 is 0. The lowest BCUT2D eigenvalue weighted by atomic mass is 10.2. The number of nitrogens with zero attached hydrogens (tertiary/aromatic N) is 2. The van der Waals surface area contributed by atoms with E-state index in [1.54, 1.807) is 14.2 Å². The van der Waals surface area contributed by atoms with Crippen LogP contribution in [0.15, 0.2) is 29.3 Å². The van der Waals surface area contributed by atoms with Gasteiger partial charge in [0.25, 0.3) is 0 Å². The second-order valence-electron chi connectivity index (χ2n) is 5.16. The summed E-state index contributed by atoms with van der Waals surface area (Å²) in [4.78, 5) is 6.23. The van der Waals surface area contributed by atoms with Crippen LogP contribution in [-0.4, -0.2) is 59.8 Å². The largest absolute Gasteiger partial charge is 0.496 e. The lowest BCUT2D eigenvalue weighted by molar-refractivity contribution is 0.396. The van der Waals surface area contributed by atoms with Crippen LogP contribution in [0.4, 0.5) is 0 Å². The van der Waals surface area contributed by atoms with Gasteiger partial charge < -0.3 is 15.0 Å². The quantitative estimate of drug-likeness (QED) is 0.259. The summed E-state index contributed by atoms with van der Waals surface area (Å²) in [5, 5.41) is 3.21. The standard InChI is InChI=1S/C15H26N4O3S.HI/c1-16-15(17-10-7-11-18-23(4,20)21)19(2)12-13-8-5-6-9-14(13)22-3;/h5-6,8-9,18H,7,10-12H2,1-4H3,(H,16,17);1H. The number of ether oxygens (including phenoxy) is 1. The van der Waals surface area contributed by atoms with Gasteiger partial charge in [0.1, 0.15) is 5.75 Å². The number of halogens is 1. The predicted octanol–water partition coefficient (Wildman–Crippen LogP) is 1.26. The van der Waals surface area contributed by atoms with Crippen molar-refractivity contribution in [3.05, 3.63) is 29.8 Å². The average molecular weight is 470 g/mol. The Hall–Kier alpha value is -1.07. The Morgan fingerprint density at radius 2 is 1.96 bits per heavy atom. The van der Waals surface area contributed by atoms with Gasteiger partial charge in [-0.3, -0.25) is 4.99 Å². The molecule has 9 heteroatoms. The number of hydrogen-bond donors (Lipinski definition) is 2. The van der Waals surface area contributed by atoms with Crippen molar-refractivity contribution < 1.29 is 13.2 Å². The molecular weight excluding hydrogens is 443 g/mol. The summed E-state index contributed by atoms with van der Waals surface area (Å²) < 4.78 is 29.8. The zero-order chi connectivity index (χ0) is 17.3. The molecule has 0 aliphatic heterocycles. The molecule has 2 N–H and O–H groups in total. The van der Waals surface area contributed by atoms with E-state index in [9.17, 15) is 8.42 Å². The molecule has 0 atom stereocenters. The van der Waals surface area contributed by atoms with Crippen molar-refractivity contribution in [2.75, 3.05) is 40.6 Å². The Bertz CT molecular complexity index is 623. The molecule has 7 nitrogen and oxygen atoms in total. The number of benzene rings is 1. The van der Waals surface area contributed by atoms with E-state index < -0.39 is 10.0 Å². The second-order valence-corrected chi connectivity index (χ2v) is 6.99. The van der Waals surface area contributed by atoms with Crippen LogP contribution in [0.1, 0.15) is 12.0 Å². The number of methoxy groups -OCH3 is 1. The van der Waals surface area contributed by atoms with E-state index in [2.05, 4.69) is 15.0 Å². The number of hydrogen-bond acceptors (Lipinski definition) is 4. The third kappa shape index (κ3) is 8.69. The molecule has 0 saturated heterocycles. The van der Waals surface area contributed by atoms with Crippen molar-refractivity contribution in [3.63, 3.8) is 0 Å². The topological polar surface area (TPSA) is 83.0 Å². The van der Waals surface area contributed by atoms with Crippen molar-refractivity contribution >= 4 is 40.0 Å². The van der Waals surface area contributed by atoms with E-state index in [4.69, 9.17) is 4.74 Å². The van der Waals surface area contributed by atoms with E-state index in [0.29, 0.717) is 26.1 Å².